The fourth-order valence-electron chi connectivity index (χ4n) is 2.07. The number of nitrogens with zero attached hydrogens (tertiary/aromatic N) is 1. The highest BCUT2D eigenvalue weighted by Gasteiger charge is 2.13. The Morgan fingerprint density at radius 1 is 1.22 bits per heavy atom. The van der Waals surface area contributed by atoms with Gasteiger partial charge in [-0.05, 0) is 29.8 Å². The van der Waals surface area contributed by atoms with Gasteiger partial charge in [0.15, 0.2) is 5.58 Å². The standard InChI is InChI=1S/C17H16N2O4/c1-2-18-17(20)22-16-14-9-8-13(10-15(14)23-19-16)21-11-12-6-4-3-5-7-12/h3-10H,2,11H2,1H3,(H,18,20). The lowest BCUT2D eigenvalue weighted by Gasteiger charge is -2.05. The third-order valence-electron chi connectivity index (χ3n) is 3.17. The van der Waals surface area contributed by atoms with Gasteiger partial charge >= 0.3 is 6.09 Å². The monoisotopic (exact) mass is 312 g/mol. The minimum Gasteiger partial charge on any atom is -0.489 e. The molecule has 0 aliphatic carbocycles. The Labute approximate surface area is 133 Å². The molecule has 0 bridgehead atoms. The van der Waals surface area contributed by atoms with E-state index in [-0.39, 0.29) is 5.88 Å². The molecule has 6 heteroatoms. The van der Waals surface area contributed by atoms with E-state index in [0.29, 0.717) is 29.9 Å². The molecule has 3 rings (SSSR count). The Hall–Kier alpha value is -3.02. The Balaban J connectivity index is 1.71. The summed E-state index contributed by atoms with van der Waals surface area (Å²) in [6, 6.07) is 15.1. The van der Waals surface area contributed by atoms with Crippen molar-refractivity contribution in [1.82, 2.24) is 10.5 Å². The maximum atomic E-state index is 11.4. The van der Waals surface area contributed by atoms with Crippen molar-refractivity contribution < 1.29 is 18.8 Å². The molecule has 0 radical (unpaired) electrons. The summed E-state index contributed by atoms with van der Waals surface area (Å²) in [5, 5.41) is 6.91. The van der Waals surface area contributed by atoms with E-state index >= 15 is 0 Å². The fraction of sp³-hybridized carbons (Fsp3) is 0.176. The molecule has 6 nitrogen and oxygen atoms in total. The van der Waals surface area contributed by atoms with Crippen molar-refractivity contribution in [3.63, 3.8) is 0 Å². The zero-order chi connectivity index (χ0) is 16.1. The third kappa shape index (κ3) is 3.60. The molecule has 1 aromatic heterocycles. The van der Waals surface area contributed by atoms with Crippen LogP contribution in [0, 0.1) is 0 Å². The number of hydrogen-bond donors (Lipinski definition) is 1. The van der Waals surface area contributed by atoms with Crippen LogP contribution in [0.1, 0.15) is 12.5 Å². The van der Waals surface area contributed by atoms with Gasteiger partial charge in [-0.1, -0.05) is 30.3 Å². The topological polar surface area (TPSA) is 73.6 Å². The highest BCUT2D eigenvalue weighted by Crippen LogP contribution is 2.28. The van der Waals surface area contributed by atoms with Crippen LogP contribution in [0.25, 0.3) is 11.0 Å². The first-order valence-electron chi connectivity index (χ1n) is 7.28. The summed E-state index contributed by atoms with van der Waals surface area (Å²) in [5.41, 5.74) is 1.57. The smallest absolute Gasteiger partial charge is 0.414 e. The average Bonchev–Trinajstić information content (AvgIpc) is 2.96. The van der Waals surface area contributed by atoms with Crippen molar-refractivity contribution >= 4 is 17.1 Å². The maximum absolute atomic E-state index is 11.4. The predicted octanol–water partition coefficient (Wildman–Crippen LogP) is 3.52. The second-order valence-corrected chi connectivity index (χ2v) is 4.84. The van der Waals surface area contributed by atoms with Crippen LogP contribution in [-0.2, 0) is 6.61 Å². The Morgan fingerprint density at radius 3 is 2.83 bits per heavy atom. The number of carbonyl (C=O) groups excluding carboxylic acids is 1. The average molecular weight is 312 g/mol. The lowest BCUT2D eigenvalue weighted by molar-refractivity contribution is 0.197. The van der Waals surface area contributed by atoms with Crippen molar-refractivity contribution in [2.24, 2.45) is 0 Å². The Kier molecular flexibility index (Phi) is 4.42. The van der Waals surface area contributed by atoms with E-state index in [1.165, 1.54) is 0 Å². The molecular formula is C17H16N2O4. The summed E-state index contributed by atoms with van der Waals surface area (Å²) in [6.45, 7) is 2.74. The minimum absolute atomic E-state index is 0.139. The van der Waals surface area contributed by atoms with Gasteiger partial charge in [-0.3, -0.25) is 0 Å². The van der Waals surface area contributed by atoms with Gasteiger partial charge in [-0.15, -0.1) is 0 Å². The van der Waals surface area contributed by atoms with Crippen LogP contribution in [0.4, 0.5) is 4.79 Å². The summed E-state index contributed by atoms with van der Waals surface area (Å²) in [7, 11) is 0. The molecule has 0 aliphatic heterocycles. The number of ether oxygens (including phenoxy) is 2. The number of rotatable bonds is 5. The van der Waals surface area contributed by atoms with Crippen LogP contribution in [0.3, 0.4) is 0 Å². The van der Waals surface area contributed by atoms with Gasteiger partial charge < -0.3 is 19.3 Å². The van der Waals surface area contributed by atoms with Crippen molar-refractivity contribution in [3.8, 4) is 11.6 Å². The number of amides is 1. The lowest BCUT2D eigenvalue weighted by Crippen LogP contribution is -2.26. The zero-order valence-electron chi connectivity index (χ0n) is 12.6. The molecular weight excluding hydrogens is 296 g/mol. The second kappa shape index (κ2) is 6.83. The molecule has 1 amide bonds. The normalized spacial score (nSPS) is 10.5. The van der Waals surface area contributed by atoms with Gasteiger partial charge in [0, 0.05) is 12.6 Å². The summed E-state index contributed by atoms with van der Waals surface area (Å²) < 4.78 is 16.0. The maximum Gasteiger partial charge on any atom is 0.414 e. The molecule has 1 heterocycles. The first-order valence-corrected chi connectivity index (χ1v) is 7.28. The van der Waals surface area contributed by atoms with E-state index in [1.54, 1.807) is 25.1 Å². The summed E-state index contributed by atoms with van der Waals surface area (Å²) >= 11 is 0. The number of nitrogens with one attached hydrogen (secondary N) is 1. The molecule has 0 saturated carbocycles. The van der Waals surface area contributed by atoms with Crippen LogP contribution in [0.5, 0.6) is 11.6 Å². The van der Waals surface area contributed by atoms with E-state index in [4.69, 9.17) is 14.0 Å². The van der Waals surface area contributed by atoms with Crippen LogP contribution < -0.4 is 14.8 Å². The molecule has 0 saturated heterocycles. The minimum atomic E-state index is -0.563. The molecule has 118 valence electrons. The van der Waals surface area contributed by atoms with Crippen LogP contribution in [0.15, 0.2) is 53.1 Å². The van der Waals surface area contributed by atoms with Crippen molar-refractivity contribution in [2.75, 3.05) is 6.54 Å². The van der Waals surface area contributed by atoms with Crippen LogP contribution in [0.2, 0.25) is 0 Å². The van der Waals surface area contributed by atoms with Gasteiger partial charge in [0.1, 0.15) is 12.4 Å². The number of benzene rings is 2. The molecule has 3 aromatic rings. The number of carbonyl (C=O) groups is 1. The summed E-state index contributed by atoms with van der Waals surface area (Å²) in [6.07, 6.45) is -0.563. The second-order valence-electron chi connectivity index (χ2n) is 4.84. The molecule has 0 spiro atoms. The first-order chi connectivity index (χ1) is 11.3. The van der Waals surface area contributed by atoms with Crippen LogP contribution in [-0.4, -0.2) is 17.8 Å². The van der Waals surface area contributed by atoms with E-state index in [9.17, 15) is 4.79 Å². The van der Waals surface area contributed by atoms with Gasteiger partial charge in [0.05, 0.1) is 5.39 Å². The molecule has 1 N–H and O–H groups in total. The van der Waals surface area contributed by atoms with E-state index in [2.05, 4.69) is 10.5 Å². The summed E-state index contributed by atoms with van der Waals surface area (Å²) in [4.78, 5) is 11.4. The Morgan fingerprint density at radius 2 is 2.04 bits per heavy atom. The lowest BCUT2D eigenvalue weighted by atomic mass is 10.2. The number of aromatic nitrogens is 1. The van der Waals surface area contributed by atoms with Gasteiger partial charge in [0.25, 0.3) is 5.88 Å². The van der Waals surface area contributed by atoms with Gasteiger partial charge in [-0.25, -0.2) is 4.79 Å². The molecule has 0 fully saturated rings. The number of hydrogen-bond acceptors (Lipinski definition) is 5. The quantitative estimate of drug-likeness (QED) is 0.780. The highest BCUT2D eigenvalue weighted by molar-refractivity contribution is 5.85. The largest absolute Gasteiger partial charge is 0.489 e. The molecule has 0 atom stereocenters. The van der Waals surface area contributed by atoms with Crippen molar-refractivity contribution in [3.05, 3.63) is 54.1 Å². The van der Waals surface area contributed by atoms with Gasteiger partial charge in [0.2, 0.25) is 0 Å². The first kappa shape index (κ1) is 14.9. The molecule has 0 unspecified atom stereocenters. The zero-order valence-corrected chi connectivity index (χ0v) is 12.6. The molecule has 2 aromatic carbocycles. The fourth-order valence-corrected chi connectivity index (χ4v) is 2.07. The molecule has 23 heavy (non-hydrogen) atoms. The Bertz CT molecular complexity index is 799. The van der Waals surface area contributed by atoms with Crippen molar-refractivity contribution in [2.45, 2.75) is 13.5 Å². The number of fused-ring (bicyclic) bond motifs is 1. The molecule has 0 aliphatic rings. The van der Waals surface area contributed by atoms with E-state index in [1.807, 2.05) is 30.3 Å². The summed E-state index contributed by atoms with van der Waals surface area (Å²) in [5.74, 6) is 0.794. The highest BCUT2D eigenvalue weighted by atomic mass is 16.6. The van der Waals surface area contributed by atoms with E-state index < -0.39 is 6.09 Å². The third-order valence-corrected chi connectivity index (χ3v) is 3.17. The predicted molar refractivity (Wildman–Crippen MR) is 84.5 cm³/mol. The van der Waals surface area contributed by atoms with Crippen molar-refractivity contribution in [1.29, 1.82) is 0 Å². The van der Waals surface area contributed by atoms with E-state index in [0.717, 1.165) is 5.56 Å². The van der Waals surface area contributed by atoms with Crippen LogP contribution >= 0.6 is 0 Å². The SMILES string of the molecule is CCNC(=O)Oc1noc2cc(OCc3ccccc3)ccc12. The van der Waals surface area contributed by atoms with Gasteiger partial charge in [-0.2, -0.15) is 0 Å².